The summed E-state index contributed by atoms with van der Waals surface area (Å²) < 4.78 is 90.7. The quantitative estimate of drug-likeness (QED) is 0.112. The van der Waals surface area contributed by atoms with Crippen LogP contribution in [0.25, 0.3) is 83.4 Å². The molecule has 0 aliphatic carbocycles. The number of rotatable bonds is 8. The van der Waals surface area contributed by atoms with Crippen molar-refractivity contribution in [2.24, 2.45) is 0 Å². The summed E-state index contributed by atoms with van der Waals surface area (Å²) in [5, 5.41) is 2.02. The summed E-state index contributed by atoms with van der Waals surface area (Å²) in [5.41, 5.74) is 10.1. The van der Waals surface area contributed by atoms with Gasteiger partial charge in [0.25, 0.3) is 6.33 Å². The van der Waals surface area contributed by atoms with Crippen molar-refractivity contribution >= 4 is 32.8 Å². The molecular weight excluding hydrogens is 1060 g/mol. The number of fused-ring (bicyclic) bond motifs is 4. The van der Waals surface area contributed by atoms with Crippen LogP contribution in [0.2, 0.25) is 0 Å². The second-order valence-electron chi connectivity index (χ2n) is 21.1. The van der Waals surface area contributed by atoms with E-state index in [4.69, 9.17) is 22.1 Å². The van der Waals surface area contributed by atoms with Crippen LogP contribution in [0.3, 0.4) is 0 Å². The van der Waals surface area contributed by atoms with Crippen LogP contribution in [0.4, 0.5) is 0 Å². The van der Waals surface area contributed by atoms with Crippen molar-refractivity contribution in [1.82, 2.24) is 14.1 Å². The number of nitrogens with zero attached hydrogens (tertiary/aromatic N) is 4. The third-order valence-corrected chi connectivity index (χ3v) is 13.1. The molecule has 0 aliphatic heterocycles. The molecule has 0 spiro atoms. The fraction of sp³-hybridized carbons (Fsp3) is 0.182. The van der Waals surface area contributed by atoms with Gasteiger partial charge in [-0.05, 0) is 95.6 Å². The van der Waals surface area contributed by atoms with E-state index in [0.717, 1.165) is 44.3 Å². The molecule has 11 rings (SSSR count). The Morgan fingerprint density at radius 3 is 1.93 bits per heavy atom. The summed E-state index contributed by atoms with van der Waals surface area (Å²) in [7, 11) is 0. The van der Waals surface area contributed by atoms with Gasteiger partial charge in [-0.2, -0.15) is 18.2 Å². The van der Waals surface area contributed by atoms with Gasteiger partial charge in [0.1, 0.15) is 5.82 Å². The molecule has 72 heavy (non-hydrogen) atoms. The number of benzene rings is 8. The van der Waals surface area contributed by atoms with Crippen molar-refractivity contribution in [2.45, 2.75) is 78.6 Å². The first-order valence-electron chi connectivity index (χ1n) is 28.4. The molecule has 0 unspecified atom stereocenters. The molecule has 0 N–H and O–H groups in total. The van der Waals surface area contributed by atoms with Crippen molar-refractivity contribution in [3.8, 4) is 62.1 Å². The van der Waals surface area contributed by atoms with E-state index in [-0.39, 0.29) is 71.8 Å². The van der Waals surface area contributed by atoms with E-state index in [1.54, 1.807) is 27.3 Å². The average molecular weight is 1130 g/mol. The van der Waals surface area contributed by atoms with E-state index >= 15 is 0 Å². The normalized spacial score (nSPS) is 13.9. The zero-order chi connectivity index (χ0) is 57.1. The van der Waals surface area contributed by atoms with Gasteiger partial charge >= 0.3 is 0 Å². The summed E-state index contributed by atoms with van der Waals surface area (Å²) in [6.45, 7) is 20.1. The Hall–Kier alpha value is -7.33. The molecule has 360 valence electrons. The Bertz CT molecular complexity index is 4290. The largest absolute Gasteiger partial charge is 0.510 e. The number of hydrogen-bond donors (Lipinski definition) is 0. The van der Waals surface area contributed by atoms with Crippen LogP contribution >= 0.6 is 0 Å². The molecule has 3 heterocycles. The van der Waals surface area contributed by atoms with Crippen molar-refractivity contribution in [2.75, 3.05) is 0 Å². The molecule has 0 amide bonds. The van der Waals surface area contributed by atoms with Crippen molar-refractivity contribution < 1.29 is 42.7 Å². The molecule has 0 aliphatic rings. The Morgan fingerprint density at radius 2 is 1.19 bits per heavy atom. The molecule has 0 fully saturated rings. The molecule has 0 atom stereocenters. The topological polar surface area (TPSA) is 35.9 Å². The first kappa shape index (κ1) is 38.4. The third kappa shape index (κ3) is 9.12. The molecule has 0 saturated heterocycles. The van der Waals surface area contributed by atoms with Crippen LogP contribution in [0.1, 0.15) is 91.3 Å². The Balaban J connectivity index is 0.00000736. The predicted molar refractivity (Wildman–Crippen MR) is 292 cm³/mol. The first-order valence-corrected chi connectivity index (χ1v) is 23.9. The smallest absolute Gasteiger partial charge is 0.268 e. The summed E-state index contributed by atoms with van der Waals surface area (Å²) in [5.74, 6) is 1.57. The number of aromatic nitrogens is 4. The standard InChI is InChI=1S/C66H58N4O.Pt/c1-64(2,3)48-34-35-67-62(40-48)70-58-33-30-46(47-36-49(65(4,5)6)39-50(37-47)66(7,8)9)38-57(58)56-32-31-53(42-61(56)70)71-52-25-18-24-51(41-52)68-43-69(60-29-17-16-28-59(60)68)63-54(44-20-12-10-13-21-44)26-19-27-55(63)45-22-14-11-15-23-45;/h10-40H,1-9H3;/q-2;/i10D,11D,12D,13D,14D,15D,20D,21D,22D;. The zero-order valence-electron chi connectivity index (χ0n) is 50.7. The molecule has 0 saturated carbocycles. The molecule has 11 aromatic rings. The molecule has 6 heteroatoms. The van der Waals surface area contributed by atoms with Gasteiger partial charge in [0.2, 0.25) is 0 Å². The monoisotopic (exact) mass is 1130 g/mol. The van der Waals surface area contributed by atoms with Crippen LogP contribution in [-0.4, -0.2) is 14.1 Å². The van der Waals surface area contributed by atoms with E-state index in [0.29, 0.717) is 33.8 Å². The first-order chi connectivity index (χ1) is 37.8. The van der Waals surface area contributed by atoms with Gasteiger partial charge in [-0.25, -0.2) is 4.98 Å². The van der Waals surface area contributed by atoms with Crippen molar-refractivity contribution in [3.05, 3.63) is 223 Å². The second-order valence-corrected chi connectivity index (χ2v) is 21.1. The third-order valence-electron chi connectivity index (χ3n) is 13.1. The molecule has 5 nitrogen and oxygen atoms in total. The maximum Gasteiger partial charge on any atom is 0.268 e. The second kappa shape index (κ2) is 18.7. The number of pyridine rings is 1. The van der Waals surface area contributed by atoms with Crippen molar-refractivity contribution in [3.63, 3.8) is 0 Å². The van der Waals surface area contributed by atoms with Gasteiger partial charge in [0.15, 0.2) is 0 Å². The minimum Gasteiger partial charge on any atom is -0.510 e. The predicted octanol–water partition coefficient (Wildman–Crippen LogP) is 16.5. The van der Waals surface area contributed by atoms with Gasteiger partial charge in [0, 0.05) is 44.3 Å². The van der Waals surface area contributed by atoms with Gasteiger partial charge in [-0.3, -0.25) is 4.57 Å². The van der Waals surface area contributed by atoms with Gasteiger partial charge in [0.05, 0.1) is 29.1 Å². The van der Waals surface area contributed by atoms with E-state index < -0.39 is 42.3 Å². The van der Waals surface area contributed by atoms with E-state index in [1.165, 1.54) is 17.2 Å². The summed E-state index contributed by atoms with van der Waals surface area (Å²) in [6, 6.07) is 44.3. The Labute approximate surface area is 451 Å². The van der Waals surface area contributed by atoms with Crippen molar-refractivity contribution in [1.29, 1.82) is 0 Å². The molecule has 0 radical (unpaired) electrons. The summed E-state index contributed by atoms with van der Waals surface area (Å²) in [6.07, 6.45) is 5.33. The maximum atomic E-state index is 9.07. The van der Waals surface area contributed by atoms with Crippen LogP contribution < -0.4 is 9.30 Å². The summed E-state index contributed by atoms with van der Waals surface area (Å²) in [4.78, 5) is 4.95. The zero-order valence-corrected chi connectivity index (χ0v) is 44.0. The molecular formula is C66H58N4OPt-2. The number of para-hydroxylation sites is 3. The van der Waals surface area contributed by atoms with Crippen LogP contribution in [0.5, 0.6) is 11.5 Å². The molecule has 3 aromatic heterocycles. The van der Waals surface area contributed by atoms with Crippen LogP contribution in [0.15, 0.2) is 188 Å². The minimum absolute atomic E-state index is 0. The molecule has 8 aromatic carbocycles. The van der Waals surface area contributed by atoms with E-state index in [1.807, 2.05) is 54.7 Å². The number of imidazole rings is 1. The van der Waals surface area contributed by atoms with Gasteiger partial charge in [-0.1, -0.05) is 201 Å². The fourth-order valence-electron chi connectivity index (χ4n) is 9.23. The Kier molecular flexibility index (Phi) is 9.96. The number of ether oxygens (including phenoxy) is 1. The fourth-order valence-corrected chi connectivity index (χ4v) is 9.23. The minimum atomic E-state index is -0.545. The van der Waals surface area contributed by atoms with Crippen LogP contribution in [-0.2, 0) is 37.3 Å². The van der Waals surface area contributed by atoms with E-state index in [9.17, 15) is 0 Å². The maximum absolute atomic E-state index is 9.07. The number of hydrogen-bond acceptors (Lipinski definition) is 2. The molecule has 0 bridgehead atoms. The Morgan fingerprint density at radius 1 is 0.528 bits per heavy atom. The van der Waals surface area contributed by atoms with Crippen LogP contribution in [0, 0.1) is 18.5 Å². The van der Waals surface area contributed by atoms with Gasteiger partial charge in [-0.15, -0.1) is 29.7 Å². The average Bonchev–Trinajstić information content (AvgIpc) is 3.97. The van der Waals surface area contributed by atoms with Gasteiger partial charge < -0.3 is 13.9 Å². The summed E-state index contributed by atoms with van der Waals surface area (Å²) >= 11 is 0. The van der Waals surface area contributed by atoms with E-state index in [2.05, 4.69) is 140 Å². The SMILES string of the molecule is [2H]c1cc(-c2cccc(-c3c([2H])c([2H])c([2H])c([2H])c3[2H])c2-[n+]2[c-]n(-c3[c-]c(Oc4[c-]c5c(cc4)c4cc(-c6cc(C(C)(C)C)cc(C(C)(C)C)c6)ccc4n5-c4cc(C(C)(C)C)ccn4)ccc3)c3ccccc32)c([2H])c([2H])c1[2H].[Pt].